The molecule has 0 amide bonds. The highest BCUT2D eigenvalue weighted by atomic mass is 31.2. The molecule has 0 aromatic carbocycles. The van der Waals surface area contributed by atoms with Gasteiger partial charge in [-0.25, -0.2) is 4.57 Å². The summed E-state index contributed by atoms with van der Waals surface area (Å²) in [7, 11) is -3.22. The van der Waals surface area contributed by atoms with Crippen LogP contribution in [0, 0.1) is 0 Å². The molecule has 0 spiro atoms. The Morgan fingerprint density at radius 1 is 0.604 bits per heavy atom. The van der Waals surface area contributed by atoms with Crippen molar-refractivity contribution in [3.63, 3.8) is 0 Å². The molecule has 0 saturated carbocycles. The predicted octanol–water partition coefficient (Wildman–Crippen LogP) is 11.4. The van der Waals surface area contributed by atoms with Crippen molar-refractivity contribution in [2.24, 2.45) is 0 Å². The summed E-state index contributed by atoms with van der Waals surface area (Å²) in [6, 6.07) is 0. The third-order valence-corrected chi connectivity index (χ3v) is 8.77. The maximum Gasteiger partial charge on any atom is 0.472 e. The molecule has 9 heteroatoms. The SMILES string of the molecule is CC/C=C\C/C=C\C/C=C\C/C=C\CCCCC(=O)OC(COC(=O)CCCCCCCCCCCCCCCC)COP(=O)(O)OC. The molecule has 0 heterocycles. The average Bonchev–Trinajstić information content (AvgIpc) is 3.07. The first-order chi connectivity index (χ1) is 23.3. The summed E-state index contributed by atoms with van der Waals surface area (Å²) >= 11 is 0. The third-order valence-electron chi connectivity index (χ3n) is 7.84. The van der Waals surface area contributed by atoms with Gasteiger partial charge in [-0.05, 0) is 51.4 Å². The topological polar surface area (TPSA) is 108 Å². The van der Waals surface area contributed by atoms with Crippen LogP contribution in [0.4, 0.5) is 0 Å². The number of phosphoric ester groups is 1. The Hall–Kier alpha value is -1.99. The van der Waals surface area contributed by atoms with Crippen molar-refractivity contribution in [3.05, 3.63) is 48.6 Å². The van der Waals surface area contributed by atoms with E-state index in [0.717, 1.165) is 64.9 Å². The van der Waals surface area contributed by atoms with E-state index in [1.807, 2.05) is 0 Å². The number of carbonyl (C=O) groups is 2. The molecule has 1 N–H and O–H groups in total. The summed E-state index contributed by atoms with van der Waals surface area (Å²) in [4.78, 5) is 34.3. The summed E-state index contributed by atoms with van der Waals surface area (Å²) in [6.07, 6.45) is 40.2. The van der Waals surface area contributed by atoms with Crippen molar-refractivity contribution >= 4 is 19.8 Å². The lowest BCUT2D eigenvalue weighted by molar-refractivity contribution is -0.161. The Kier molecular flexibility index (Phi) is 33.4. The van der Waals surface area contributed by atoms with Crippen molar-refractivity contribution in [3.8, 4) is 0 Å². The molecule has 0 aromatic heterocycles. The Morgan fingerprint density at radius 2 is 1.06 bits per heavy atom. The number of allylic oxidation sites excluding steroid dienone is 8. The van der Waals surface area contributed by atoms with Crippen LogP contribution < -0.4 is 0 Å². The fourth-order valence-electron chi connectivity index (χ4n) is 4.94. The molecule has 0 fully saturated rings. The van der Waals surface area contributed by atoms with Gasteiger partial charge in [-0.1, -0.05) is 146 Å². The van der Waals surface area contributed by atoms with Crippen molar-refractivity contribution in [2.45, 2.75) is 168 Å². The molecule has 2 atom stereocenters. The molecule has 2 unspecified atom stereocenters. The first kappa shape index (κ1) is 46.0. The lowest BCUT2D eigenvalue weighted by atomic mass is 10.0. The van der Waals surface area contributed by atoms with Crippen LogP contribution in [0.15, 0.2) is 48.6 Å². The molecule has 8 nitrogen and oxygen atoms in total. The normalized spacial score (nSPS) is 14.0. The minimum Gasteiger partial charge on any atom is -0.462 e. The highest BCUT2D eigenvalue weighted by Crippen LogP contribution is 2.42. The maximum atomic E-state index is 12.4. The first-order valence-electron chi connectivity index (χ1n) is 18.8. The molecule has 0 aromatic rings. The van der Waals surface area contributed by atoms with Crippen molar-refractivity contribution in [1.29, 1.82) is 0 Å². The van der Waals surface area contributed by atoms with Crippen molar-refractivity contribution < 1.29 is 37.6 Å². The molecule has 0 rings (SSSR count). The van der Waals surface area contributed by atoms with E-state index in [-0.39, 0.29) is 25.4 Å². The molecular weight excluding hydrogens is 627 g/mol. The predicted molar refractivity (Wildman–Crippen MR) is 198 cm³/mol. The molecule has 278 valence electrons. The summed E-state index contributed by atoms with van der Waals surface area (Å²) in [5.41, 5.74) is 0. The zero-order valence-corrected chi connectivity index (χ0v) is 31.5. The fourth-order valence-corrected chi connectivity index (χ4v) is 5.40. The molecule has 48 heavy (non-hydrogen) atoms. The van der Waals surface area contributed by atoms with Gasteiger partial charge in [0.1, 0.15) is 6.61 Å². The second-order valence-corrected chi connectivity index (χ2v) is 13.9. The monoisotopic (exact) mass is 696 g/mol. The van der Waals surface area contributed by atoms with Gasteiger partial charge < -0.3 is 14.4 Å². The van der Waals surface area contributed by atoms with Gasteiger partial charge >= 0.3 is 19.8 Å². The highest BCUT2D eigenvalue weighted by Gasteiger charge is 2.24. The van der Waals surface area contributed by atoms with E-state index in [9.17, 15) is 19.0 Å². The Labute approximate surface area is 293 Å². The molecule has 0 radical (unpaired) electrons. The Morgan fingerprint density at radius 3 is 1.58 bits per heavy atom. The zero-order chi connectivity index (χ0) is 35.4. The van der Waals surface area contributed by atoms with E-state index in [4.69, 9.17) is 14.0 Å². The number of ether oxygens (including phenoxy) is 2. The quantitative estimate of drug-likeness (QED) is 0.0306. The molecule has 0 aliphatic carbocycles. The largest absolute Gasteiger partial charge is 0.472 e. The summed E-state index contributed by atoms with van der Waals surface area (Å²) in [6.45, 7) is 3.73. The standard InChI is InChI=1S/C39H69O8P/c1-4-6-8-10-12-14-16-18-20-22-24-26-28-30-32-34-39(41)47-37(36-46-48(42,43)44-3)35-45-38(40)33-31-29-27-25-23-21-19-17-15-13-11-9-7-5-2/h6,8,12,14,18,20,24,26,37H,4-5,7,9-11,13,15-17,19,21-23,25,27-36H2,1-3H3,(H,42,43)/b8-6-,14-12-,20-18-,26-24-. The third kappa shape index (κ3) is 33.9. The zero-order valence-electron chi connectivity index (χ0n) is 30.6. The van der Waals surface area contributed by atoms with Crippen molar-refractivity contribution in [2.75, 3.05) is 20.3 Å². The molecule has 0 aliphatic rings. The lowest BCUT2D eigenvalue weighted by Crippen LogP contribution is -2.29. The van der Waals surface area contributed by atoms with Crippen molar-refractivity contribution in [1.82, 2.24) is 0 Å². The molecule has 0 saturated heterocycles. The first-order valence-corrected chi connectivity index (χ1v) is 20.3. The van der Waals surface area contributed by atoms with Gasteiger partial charge in [-0.3, -0.25) is 18.6 Å². The van der Waals surface area contributed by atoms with Gasteiger partial charge in [-0.2, -0.15) is 0 Å². The van der Waals surface area contributed by atoms with E-state index in [2.05, 4.69) is 67.0 Å². The average molecular weight is 697 g/mol. The van der Waals surface area contributed by atoms with Crippen LogP contribution in [0.2, 0.25) is 0 Å². The maximum absolute atomic E-state index is 12.4. The van der Waals surface area contributed by atoms with E-state index in [1.165, 1.54) is 70.6 Å². The number of carbonyl (C=O) groups excluding carboxylic acids is 2. The van der Waals surface area contributed by atoms with Gasteiger partial charge in [-0.15, -0.1) is 0 Å². The van der Waals surface area contributed by atoms with Crippen LogP contribution >= 0.6 is 7.82 Å². The lowest BCUT2D eigenvalue weighted by Gasteiger charge is -2.19. The highest BCUT2D eigenvalue weighted by molar-refractivity contribution is 7.47. The van der Waals surface area contributed by atoms with Crippen LogP contribution in [0.3, 0.4) is 0 Å². The number of rotatable bonds is 34. The molecule has 0 bridgehead atoms. The second-order valence-electron chi connectivity index (χ2n) is 12.3. The molecular formula is C39H69O8P. The number of unbranched alkanes of at least 4 members (excludes halogenated alkanes) is 15. The summed E-state index contributed by atoms with van der Waals surface area (Å²) in [5, 5.41) is 0. The Bertz CT molecular complexity index is 927. The van der Waals surface area contributed by atoms with E-state index in [1.54, 1.807) is 0 Å². The number of phosphoric acid groups is 1. The summed E-state index contributed by atoms with van der Waals surface area (Å²) < 4.78 is 31.8. The van der Waals surface area contributed by atoms with Crippen LogP contribution in [0.5, 0.6) is 0 Å². The fraction of sp³-hybridized carbons (Fsp3) is 0.744. The van der Waals surface area contributed by atoms with Gasteiger partial charge in [0.25, 0.3) is 0 Å². The van der Waals surface area contributed by atoms with Gasteiger partial charge in [0.2, 0.25) is 0 Å². The van der Waals surface area contributed by atoms with Gasteiger partial charge in [0.05, 0.1) is 6.61 Å². The molecule has 0 aliphatic heterocycles. The van der Waals surface area contributed by atoms with Crippen LogP contribution in [0.25, 0.3) is 0 Å². The number of esters is 2. The second kappa shape index (κ2) is 34.9. The van der Waals surface area contributed by atoms with Crippen LogP contribution in [-0.2, 0) is 32.7 Å². The van der Waals surface area contributed by atoms with Gasteiger partial charge in [0.15, 0.2) is 6.10 Å². The number of hydrogen-bond donors (Lipinski definition) is 1. The smallest absolute Gasteiger partial charge is 0.462 e. The van der Waals surface area contributed by atoms with E-state index >= 15 is 0 Å². The Balaban J connectivity index is 4.14. The number of hydrogen-bond acceptors (Lipinski definition) is 7. The van der Waals surface area contributed by atoms with E-state index < -0.39 is 26.5 Å². The van der Waals surface area contributed by atoms with Crippen LogP contribution in [0.1, 0.15) is 162 Å². The minimum atomic E-state index is -4.27. The van der Waals surface area contributed by atoms with E-state index in [0.29, 0.717) is 6.42 Å². The minimum absolute atomic E-state index is 0.193. The summed E-state index contributed by atoms with van der Waals surface area (Å²) in [5.74, 6) is -0.853. The van der Waals surface area contributed by atoms with Gasteiger partial charge in [0, 0.05) is 20.0 Å². The van der Waals surface area contributed by atoms with Crippen LogP contribution in [-0.4, -0.2) is 43.3 Å².